The van der Waals surface area contributed by atoms with Crippen molar-refractivity contribution in [2.45, 2.75) is 12.3 Å². The van der Waals surface area contributed by atoms with E-state index in [0.29, 0.717) is 23.6 Å². The summed E-state index contributed by atoms with van der Waals surface area (Å²) in [5, 5.41) is 5.54. The molecule has 2 N–H and O–H groups in total. The molecule has 32 heavy (non-hydrogen) atoms. The average Bonchev–Trinajstić information content (AvgIpc) is 3.39. The maximum Gasteiger partial charge on any atom is 0.272 e. The minimum absolute atomic E-state index is 0.139. The lowest BCUT2D eigenvalue weighted by Gasteiger charge is -2.16. The number of hydrogen-bond donors (Lipinski definition) is 2. The molecule has 8 nitrogen and oxygen atoms in total. The molecule has 9 heteroatoms. The van der Waals surface area contributed by atoms with Crippen molar-refractivity contribution in [1.82, 2.24) is 14.6 Å². The zero-order valence-corrected chi connectivity index (χ0v) is 16.8. The molecule has 0 radical (unpaired) electrons. The van der Waals surface area contributed by atoms with Crippen LogP contribution in [-0.2, 0) is 4.79 Å². The van der Waals surface area contributed by atoms with Crippen LogP contribution in [0.4, 0.5) is 15.8 Å². The second-order valence-corrected chi connectivity index (χ2v) is 7.57. The zero-order valence-electron chi connectivity index (χ0n) is 16.8. The maximum atomic E-state index is 13.2. The minimum Gasteiger partial charge on any atom is -0.322 e. The second kappa shape index (κ2) is 7.77. The van der Waals surface area contributed by atoms with Crippen molar-refractivity contribution in [2.75, 3.05) is 16.8 Å². The van der Waals surface area contributed by atoms with Gasteiger partial charge in [0.1, 0.15) is 11.4 Å². The SMILES string of the molecule is O=C(Nc1ccccc1)c1c[nH]n2c(=O)cc(C3CC(=O)N(c4ccc(F)cc4)C3)nc12. The highest BCUT2D eigenvalue weighted by atomic mass is 19.1. The lowest BCUT2D eigenvalue weighted by Crippen LogP contribution is -2.24. The van der Waals surface area contributed by atoms with Gasteiger partial charge in [-0.05, 0) is 36.4 Å². The normalized spacial score (nSPS) is 16.0. The van der Waals surface area contributed by atoms with E-state index in [9.17, 15) is 18.8 Å². The number of nitrogens with zero attached hydrogens (tertiary/aromatic N) is 3. The third-order valence-electron chi connectivity index (χ3n) is 5.48. The number of anilines is 2. The number of aromatic amines is 1. The molecule has 1 saturated heterocycles. The van der Waals surface area contributed by atoms with Gasteiger partial charge in [-0.15, -0.1) is 0 Å². The lowest BCUT2D eigenvalue weighted by atomic mass is 10.0. The summed E-state index contributed by atoms with van der Waals surface area (Å²) in [4.78, 5) is 44.1. The number of carbonyl (C=O) groups is 2. The highest BCUT2D eigenvalue weighted by Crippen LogP contribution is 2.31. The number of benzene rings is 2. The van der Waals surface area contributed by atoms with Crippen molar-refractivity contribution >= 4 is 28.8 Å². The fourth-order valence-electron chi connectivity index (χ4n) is 3.87. The third kappa shape index (κ3) is 3.53. The van der Waals surface area contributed by atoms with Crippen molar-refractivity contribution in [1.29, 1.82) is 0 Å². The van der Waals surface area contributed by atoms with E-state index in [0.717, 1.165) is 0 Å². The molecular formula is C23H18FN5O3. The van der Waals surface area contributed by atoms with Gasteiger partial charge in [0.25, 0.3) is 11.5 Å². The number of carbonyl (C=O) groups excluding carboxylic acids is 2. The molecule has 0 aliphatic carbocycles. The van der Waals surface area contributed by atoms with Gasteiger partial charge >= 0.3 is 0 Å². The smallest absolute Gasteiger partial charge is 0.272 e. The van der Waals surface area contributed by atoms with Crippen LogP contribution in [-0.4, -0.2) is 33.0 Å². The molecule has 0 bridgehead atoms. The van der Waals surface area contributed by atoms with Gasteiger partial charge in [-0.2, -0.15) is 0 Å². The number of halogens is 1. The molecule has 1 unspecified atom stereocenters. The summed E-state index contributed by atoms with van der Waals surface area (Å²) >= 11 is 0. The number of rotatable bonds is 4. The van der Waals surface area contributed by atoms with Crippen molar-refractivity contribution < 1.29 is 14.0 Å². The molecular weight excluding hydrogens is 413 g/mol. The van der Waals surface area contributed by atoms with Crippen LogP contribution in [0.25, 0.3) is 5.65 Å². The van der Waals surface area contributed by atoms with Gasteiger partial charge < -0.3 is 10.2 Å². The lowest BCUT2D eigenvalue weighted by molar-refractivity contribution is -0.117. The first kappa shape index (κ1) is 19.7. The summed E-state index contributed by atoms with van der Waals surface area (Å²) in [5.41, 5.74) is 1.66. The number of nitrogens with one attached hydrogen (secondary N) is 2. The minimum atomic E-state index is -0.408. The van der Waals surface area contributed by atoms with E-state index in [1.807, 2.05) is 6.07 Å². The van der Waals surface area contributed by atoms with Crippen molar-refractivity contribution in [3.63, 3.8) is 0 Å². The van der Waals surface area contributed by atoms with Crippen LogP contribution in [0.3, 0.4) is 0 Å². The Morgan fingerprint density at radius 2 is 1.84 bits per heavy atom. The highest BCUT2D eigenvalue weighted by molar-refractivity contribution is 6.08. The molecule has 1 aliphatic rings. The largest absolute Gasteiger partial charge is 0.322 e. The van der Waals surface area contributed by atoms with Crippen LogP contribution in [0.1, 0.15) is 28.4 Å². The Morgan fingerprint density at radius 1 is 1.09 bits per heavy atom. The molecule has 5 rings (SSSR count). The molecule has 2 aromatic carbocycles. The van der Waals surface area contributed by atoms with Crippen LogP contribution in [0, 0.1) is 5.82 Å². The number of H-pyrrole nitrogens is 1. The Hall–Kier alpha value is -4.27. The van der Waals surface area contributed by atoms with E-state index in [1.165, 1.54) is 28.9 Å². The fourth-order valence-corrected chi connectivity index (χ4v) is 3.87. The molecule has 2 amide bonds. The first-order valence-corrected chi connectivity index (χ1v) is 10.0. The highest BCUT2D eigenvalue weighted by Gasteiger charge is 2.33. The van der Waals surface area contributed by atoms with E-state index in [1.54, 1.807) is 41.3 Å². The van der Waals surface area contributed by atoms with Gasteiger partial charge in [0.05, 0.1) is 5.69 Å². The number of aromatic nitrogens is 3. The van der Waals surface area contributed by atoms with Gasteiger partial charge in [0.2, 0.25) is 5.91 Å². The van der Waals surface area contributed by atoms with Crippen LogP contribution in [0.5, 0.6) is 0 Å². The molecule has 1 fully saturated rings. The molecule has 160 valence electrons. The molecule has 2 aromatic heterocycles. The van der Waals surface area contributed by atoms with E-state index < -0.39 is 5.91 Å². The molecule has 0 saturated carbocycles. The Balaban J connectivity index is 1.46. The van der Waals surface area contributed by atoms with Crippen LogP contribution in [0.15, 0.2) is 71.7 Å². The molecule has 3 heterocycles. The van der Waals surface area contributed by atoms with Gasteiger partial charge in [-0.1, -0.05) is 18.2 Å². The predicted molar refractivity (Wildman–Crippen MR) is 116 cm³/mol. The van der Waals surface area contributed by atoms with Gasteiger partial charge in [0, 0.05) is 42.5 Å². The second-order valence-electron chi connectivity index (χ2n) is 7.57. The van der Waals surface area contributed by atoms with Crippen molar-refractivity contribution in [2.24, 2.45) is 0 Å². The first-order valence-electron chi connectivity index (χ1n) is 10.0. The fraction of sp³-hybridized carbons (Fsp3) is 0.130. The molecule has 1 aliphatic heterocycles. The Kier molecular flexibility index (Phi) is 4.78. The predicted octanol–water partition coefficient (Wildman–Crippen LogP) is 2.93. The Labute approximate surface area is 181 Å². The van der Waals surface area contributed by atoms with Crippen LogP contribution < -0.4 is 15.8 Å². The molecule has 1 atom stereocenters. The van der Waals surface area contributed by atoms with E-state index in [4.69, 9.17) is 0 Å². The summed E-state index contributed by atoms with van der Waals surface area (Å²) in [5.74, 6) is -1.26. The van der Waals surface area contributed by atoms with E-state index in [-0.39, 0.29) is 40.8 Å². The van der Waals surface area contributed by atoms with Crippen LogP contribution >= 0.6 is 0 Å². The topological polar surface area (TPSA) is 99.6 Å². The van der Waals surface area contributed by atoms with Crippen molar-refractivity contribution in [3.05, 3.63) is 94.3 Å². The number of amides is 2. The third-order valence-corrected chi connectivity index (χ3v) is 5.48. The van der Waals surface area contributed by atoms with Gasteiger partial charge in [-0.3, -0.25) is 19.5 Å². The van der Waals surface area contributed by atoms with E-state index in [2.05, 4.69) is 15.4 Å². The number of fused-ring (bicyclic) bond motifs is 1. The summed E-state index contributed by atoms with van der Waals surface area (Å²) < 4.78 is 14.4. The van der Waals surface area contributed by atoms with Crippen LogP contribution in [0.2, 0.25) is 0 Å². The summed E-state index contributed by atoms with van der Waals surface area (Å²) in [6.45, 7) is 0.309. The zero-order chi connectivity index (χ0) is 22.2. The maximum absolute atomic E-state index is 13.2. The van der Waals surface area contributed by atoms with Crippen molar-refractivity contribution in [3.8, 4) is 0 Å². The molecule has 4 aromatic rings. The number of para-hydroxylation sites is 1. The summed E-state index contributed by atoms with van der Waals surface area (Å²) in [7, 11) is 0. The quantitative estimate of drug-likeness (QED) is 0.519. The van der Waals surface area contributed by atoms with Gasteiger partial charge in [0.15, 0.2) is 5.65 Å². The first-order chi connectivity index (χ1) is 15.5. The standard InChI is InChI=1S/C23H18FN5O3/c24-15-6-8-17(9-7-15)28-13-14(10-20(28)30)19-11-21(31)29-22(27-19)18(12-25-29)23(32)26-16-4-2-1-3-5-16/h1-9,11-12,14,25H,10,13H2,(H,26,32). The average molecular weight is 431 g/mol. The Bertz CT molecular complexity index is 1380. The number of hydrogen-bond acceptors (Lipinski definition) is 4. The summed E-state index contributed by atoms with van der Waals surface area (Å²) in [6.07, 6.45) is 1.59. The summed E-state index contributed by atoms with van der Waals surface area (Å²) in [6, 6.07) is 16.0. The monoisotopic (exact) mass is 431 g/mol. The Morgan fingerprint density at radius 3 is 2.59 bits per heavy atom. The van der Waals surface area contributed by atoms with E-state index >= 15 is 0 Å². The van der Waals surface area contributed by atoms with Gasteiger partial charge in [-0.25, -0.2) is 13.9 Å². The molecule has 0 spiro atoms.